The maximum Gasteiger partial charge on any atom is 0.274 e. The quantitative estimate of drug-likeness (QED) is 0.805. The largest absolute Gasteiger partial charge is 0.326 e. The lowest BCUT2D eigenvalue weighted by atomic mass is 10.1. The minimum absolute atomic E-state index is 0.147. The first-order valence-corrected chi connectivity index (χ1v) is 4.94. The van der Waals surface area contributed by atoms with Gasteiger partial charge in [0, 0.05) is 18.0 Å². The molecule has 0 bridgehead atoms. The summed E-state index contributed by atoms with van der Waals surface area (Å²) >= 11 is 0. The van der Waals surface area contributed by atoms with Crippen LogP contribution < -0.4 is 5.56 Å². The van der Waals surface area contributed by atoms with Gasteiger partial charge in [0.1, 0.15) is 5.69 Å². The third kappa shape index (κ3) is 1.96. The molecule has 1 aromatic heterocycles. The van der Waals surface area contributed by atoms with Gasteiger partial charge in [-0.3, -0.25) is 4.79 Å². The van der Waals surface area contributed by atoms with E-state index in [9.17, 15) is 4.79 Å². The van der Waals surface area contributed by atoms with Gasteiger partial charge in [-0.2, -0.15) is 0 Å². The molecule has 2 aromatic rings. The number of hydrogen-bond acceptors (Lipinski definition) is 2. The van der Waals surface area contributed by atoms with Crippen molar-refractivity contribution < 1.29 is 0 Å². The van der Waals surface area contributed by atoms with Gasteiger partial charge < -0.3 is 4.98 Å². The Kier molecular flexibility index (Phi) is 2.63. The topological polar surface area (TPSA) is 45.8 Å². The summed E-state index contributed by atoms with van der Waals surface area (Å²) in [5.41, 5.74) is 2.41. The number of rotatable bonds is 2. The molecular formula is C12H12N2O. The maximum atomic E-state index is 11.5. The Balaban J connectivity index is 2.54. The molecular weight excluding hydrogens is 188 g/mol. The number of benzene rings is 1. The van der Waals surface area contributed by atoms with Crippen molar-refractivity contribution in [3.63, 3.8) is 0 Å². The Morgan fingerprint density at radius 1 is 1.40 bits per heavy atom. The van der Waals surface area contributed by atoms with E-state index in [2.05, 4.69) is 16.9 Å². The van der Waals surface area contributed by atoms with Gasteiger partial charge in [0.15, 0.2) is 0 Å². The summed E-state index contributed by atoms with van der Waals surface area (Å²) in [7, 11) is 0. The molecule has 0 atom stereocenters. The summed E-state index contributed by atoms with van der Waals surface area (Å²) in [4.78, 5) is 18.2. The third-order valence-electron chi connectivity index (χ3n) is 2.32. The van der Waals surface area contributed by atoms with Crippen LogP contribution in [0.3, 0.4) is 0 Å². The SMILES string of the molecule is CCc1cccc(-c2ncc[nH]c2=O)c1. The van der Waals surface area contributed by atoms with Crippen LogP contribution in [0.5, 0.6) is 0 Å². The van der Waals surface area contributed by atoms with Crippen LogP contribution in [0.25, 0.3) is 11.3 Å². The number of H-pyrrole nitrogens is 1. The molecule has 0 amide bonds. The molecule has 2 rings (SSSR count). The average Bonchev–Trinajstić information content (AvgIpc) is 2.30. The summed E-state index contributed by atoms with van der Waals surface area (Å²) < 4.78 is 0. The van der Waals surface area contributed by atoms with Crippen molar-refractivity contribution in [2.75, 3.05) is 0 Å². The van der Waals surface area contributed by atoms with Gasteiger partial charge in [0.05, 0.1) is 0 Å². The molecule has 3 nitrogen and oxygen atoms in total. The standard InChI is InChI=1S/C12H12N2O/c1-2-9-4-3-5-10(8-9)11-12(15)14-7-6-13-11/h3-8H,2H2,1H3,(H,14,15). The Morgan fingerprint density at radius 3 is 3.00 bits per heavy atom. The predicted octanol–water partition coefficient (Wildman–Crippen LogP) is 2.00. The van der Waals surface area contributed by atoms with E-state index in [1.54, 1.807) is 6.20 Å². The molecule has 0 saturated carbocycles. The highest BCUT2D eigenvalue weighted by atomic mass is 16.1. The van der Waals surface area contributed by atoms with E-state index in [4.69, 9.17) is 0 Å². The summed E-state index contributed by atoms with van der Waals surface area (Å²) in [5, 5.41) is 0. The molecule has 0 unspecified atom stereocenters. The number of aromatic amines is 1. The van der Waals surface area contributed by atoms with Gasteiger partial charge >= 0.3 is 0 Å². The van der Waals surface area contributed by atoms with Crippen molar-refractivity contribution in [3.8, 4) is 11.3 Å². The summed E-state index contributed by atoms with van der Waals surface area (Å²) in [6.45, 7) is 2.09. The molecule has 0 aliphatic carbocycles. The minimum Gasteiger partial charge on any atom is -0.326 e. The molecule has 0 aliphatic rings. The Labute approximate surface area is 87.8 Å². The Hall–Kier alpha value is -1.90. The van der Waals surface area contributed by atoms with Crippen molar-refractivity contribution in [1.29, 1.82) is 0 Å². The Morgan fingerprint density at radius 2 is 2.27 bits per heavy atom. The number of aromatic nitrogens is 2. The van der Waals surface area contributed by atoms with Crippen LogP contribution in [0.15, 0.2) is 41.5 Å². The van der Waals surface area contributed by atoms with Crippen LogP contribution in [0.4, 0.5) is 0 Å². The molecule has 1 N–H and O–H groups in total. The number of nitrogens with one attached hydrogen (secondary N) is 1. The zero-order valence-corrected chi connectivity index (χ0v) is 8.53. The summed E-state index contributed by atoms with van der Waals surface area (Å²) in [5.74, 6) is 0. The highest BCUT2D eigenvalue weighted by molar-refractivity contribution is 5.58. The normalized spacial score (nSPS) is 10.2. The molecule has 0 aliphatic heterocycles. The van der Waals surface area contributed by atoms with Gasteiger partial charge in [-0.1, -0.05) is 25.1 Å². The molecule has 0 fully saturated rings. The van der Waals surface area contributed by atoms with Crippen LogP contribution in [-0.2, 0) is 6.42 Å². The van der Waals surface area contributed by atoms with E-state index < -0.39 is 0 Å². The van der Waals surface area contributed by atoms with E-state index >= 15 is 0 Å². The second-order valence-electron chi connectivity index (χ2n) is 3.32. The van der Waals surface area contributed by atoms with Crippen molar-refractivity contribution in [2.45, 2.75) is 13.3 Å². The fourth-order valence-corrected chi connectivity index (χ4v) is 1.50. The molecule has 0 spiro atoms. The monoisotopic (exact) mass is 200 g/mol. The maximum absolute atomic E-state index is 11.5. The van der Waals surface area contributed by atoms with Gasteiger partial charge in [-0.25, -0.2) is 4.98 Å². The molecule has 15 heavy (non-hydrogen) atoms. The minimum atomic E-state index is -0.147. The van der Waals surface area contributed by atoms with Gasteiger partial charge in [0.2, 0.25) is 0 Å². The highest BCUT2D eigenvalue weighted by Crippen LogP contribution is 2.14. The molecule has 1 aromatic carbocycles. The van der Waals surface area contributed by atoms with Crippen LogP contribution in [0.2, 0.25) is 0 Å². The number of nitrogens with zero attached hydrogens (tertiary/aromatic N) is 1. The molecule has 0 saturated heterocycles. The fraction of sp³-hybridized carbons (Fsp3) is 0.167. The third-order valence-corrected chi connectivity index (χ3v) is 2.32. The zero-order valence-electron chi connectivity index (χ0n) is 8.53. The van der Waals surface area contributed by atoms with E-state index in [0.717, 1.165) is 12.0 Å². The van der Waals surface area contributed by atoms with Crippen molar-refractivity contribution in [2.24, 2.45) is 0 Å². The fourth-order valence-electron chi connectivity index (χ4n) is 1.50. The van der Waals surface area contributed by atoms with Crippen molar-refractivity contribution >= 4 is 0 Å². The second kappa shape index (κ2) is 4.09. The van der Waals surface area contributed by atoms with Gasteiger partial charge in [-0.05, 0) is 18.1 Å². The van der Waals surface area contributed by atoms with Crippen molar-refractivity contribution in [1.82, 2.24) is 9.97 Å². The zero-order chi connectivity index (χ0) is 10.7. The lowest BCUT2D eigenvalue weighted by molar-refractivity contribution is 1.12. The van der Waals surface area contributed by atoms with Crippen LogP contribution in [0.1, 0.15) is 12.5 Å². The van der Waals surface area contributed by atoms with Crippen molar-refractivity contribution in [3.05, 3.63) is 52.6 Å². The van der Waals surface area contributed by atoms with Gasteiger partial charge in [-0.15, -0.1) is 0 Å². The molecule has 3 heteroatoms. The molecule has 76 valence electrons. The number of aryl methyl sites for hydroxylation is 1. The second-order valence-corrected chi connectivity index (χ2v) is 3.32. The first-order valence-electron chi connectivity index (χ1n) is 4.94. The lowest BCUT2D eigenvalue weighted by Crippen LogP contribution is -2.09. The van der Waals surface area contributed by atoms with Gasteiger partial charge in [0.25, 0.3) is 5.56 Å². The van der Waals surface area contributed by atoms with E-state index in [0.29, 0.717) is 5.69 Å². The lowest BCUT2D eigenvalue weighted by Gasteiger charge is -2.01. The highest BCUT2D eigenvalue weighted by Gasteiger charge is 2.03. The van der Waals surface area contributed by atoms with E-state index in [-0.39, 0.29) is 5.56 Å². The van der Waals surface area contributed by atoms with Crippen LogP contribution >= 0.6 is 0 Å². The van der Waals surface area contributed by atoms with Crippen LogP contribution in [-0.4, -0.2) is 9.97 Å². The molecule has 0 radical (unpaired) electrons. The first kappa shape index (κ1) is 9.65. The molecule has 1 heterocycles. The summed E-state index contributed by atoms with van der Waals surface area (Å²) in [6, 6.07) is 7.89. The van der Waals surface area contributed by atoms with Crippen LogP contribution in [0, 0.1) is 0 Å². The predicted molar refractivity (Wildman–Crippen MR) is 59.7 cm³/mol. The van der Waals surface area contributed by atoms with E-state index in [1.165, 1.54) is 11.8 Å². The summed E-state index contributed by atoms with van der Waals surface area (Å²) in [6.07, 6.45) is 4.09. The van der Waals surface area contributed by atoms with E-state index in [1.807, 2.05) is 24.3 Å². The first-order chi connectivity index (χ1) is 7.31. The smallest absolute Gasteiger partial charge is 0.274 e. The number of hydrogen-bond donors (Lipinski definition) is 1. The Bertz CT molecular complexity index is 517. The average molecular weight is 200 g/mol.